The Bertz CT molecular complexity index is 1620. The number of aldehydes is 1. The Morgan fingerprint density at radius 3 is 2.75 bits per heavy atom. The molecule has 0 spiro atoms. The van der Waals surface area contributed by atoms with Crippen molar-refractivity contribution in [3.05, 3.63) is 46.7 Å². The van der Waals surface area contributed by atoms with Crippen LogP contribution >= 0.6 is 11.3 Å². The Balaban J connectivity index is 1.19. The van der Waals surface area contributed by atoms with Crippen LogP contribution in [-0.2, 0) is 15.1 Å². The zero-order valence-electron chi connectivity index (χ0n) is 22.5. The van der Waals surface area contributed by atoms with Crippen LogP contribution in [0.3, 0.4) is 0 Å². The highest BCUT2D eigenvalue weighted by Gasteiger charge is 2.39. The number of hydrogen-bond acceptors (Lipinski definition) is 9. The van der Waals surface area contributed by atoms with Gasteiger partial charge in [0.15, 0.2) is 5.65 Å². The van der Waals surface area contributed by atoms with Gasteiger partial charge in [-0.25, -0.2) is 14.5 Å². The standard InChI is InChI=1S/C29H32N6O4S/c1-29(2,38)21-10-23-24(40-28(32-23)17-5-3-16(14-36)4-6-17)11-22(21)31-27(37)20-12-30-35-8-7-25(33-26(20)35)34-13-19-9-18(34)15-39-19/h7-8,10-12,14,16-19,38H,3-6,9,13,15H2,1-2H3,(H,31,37)/t16-,17-,18-,19-/m1/s1. The van der Waals surface area contributed by atoms with Gasteiger partial charge in [-0.1, -0.05) is 0 Å². The predicted molar refractivity (Wildman–Crippen MR) is 152 cm³/mol. The summed E-state index contributed by atoms with van der Waals surface area (Å²) in [7, 11) is 0. The van der Waals surface area contributed by atoms with Gasteiger partial charge >= 0.3 is 0 Å². The Labute approximate surface area is 235 Å². The van der Waals surface area contributed by atoms with Crippen molar-refractivity contribution >= 4 is 50.9 Å². The Morgan fingerprint density at radius 1 is 1.23 bits per heavy atom. The number of nitrogens with zero attached hydrogens (tertiary/aromatic N) is 5. The number of aliphatic hydroxyl groups is 1. The highest BCUT2D eigenvalue weighted by Crippen LogP contribution is 2.41. The molecule has 208 valence electrons. The summed E-state index contributed by atoms with van der Waals surface area (Å²) < 4.78 is 8.29. The van der Waals surface area contributed by atoms with Crippen LogP contribution in [0.15, 0.2) is 30.6 Å². The van der Waals surface area contributed by atoms with E-state index >= 15 is 0 Å². The number of aromatic nitrogens is 4. The van der Waals surface area contributed by atoms with Gasteiger partial charge in [-0.2, -0.15) is 5.10 Å². The monoisotopic (exact) mass is 560 g/mol. The van der Waals surface area contributed by atoms with E-state index in [2.05, 4.69) is 15.3 Å². The van der Waals surface area contributed by atoms with Gasteiger partial charge in [0.2, 0.25) is 0 Å². The van der Waals surface area contributed by atoms with E-state index in [0.717, 1.165) is 66.0 Å². The lowest BCUT2D eigenvalue weighted by atomic mass is 9.83. The Kier molecular flexibility index (Phi) is 6.13. The zero-order valence-corrected chi connectivity index (χ0v) is 23.4. The average Bonchev–Trinajstić information content (AvgIpc) is 3.74. The maximum atomic E-state index is 13.6. The van der Waals surface area contributed by atoms with Crippen LogP contribution in [0.2, 0.25) is 0 Å². The van der Waals surface area contributed by atoms with E-state index in [9.17, 15) is 14.7 Å². The van der Waals surface area contributed by atoms with Gasteiger partial charge < -0.3 is 24.9 Å². The number of amides is 1. The number of anilines is 2. The quantitative estimate of drug-likeness (QED) is 0.336. The van der Waals surface area contributed by atoms with Crippen LogP contribution < -0.4 is 10.2 Å². The second-order valence-electron chi connectivity index (χ2n) is 11.8. The van der Waals surface area contributed by atoms with Crippen LogP contribution in [-0.4, -0.2) is 62.2 Å². The highest BCUT2D eigenvalue weighted by atomic mass is 32.1. The molecule has 5 heterocycles. The lowest BCUT2D eigenvalue weighted by Gasteiger charge is -2.27. The third-order valence-corrected chi connectivity index (χ3v) is 9.74. The first-order valence-corrected chi connectivity index (χ1v) is 14.7. The molecule has 2 atom stereocenters. The Hall–Kier alpha value is -3.41. The van der Waals surface area contributed by atoms with E-state index in [1.54, 1.807) is 29.7 Å². The number of morpholine rings is 1. The first kappa shape index (κ1) is 25.6. The third-order valence-electron chi connectivity index (χ3n) is 8.56. The van der Waals surface area contributed by atoms with Crippen molar-refractivity contribution in [2.75, 3.05) is 23.4 Å². The van der Waals surface area contributed by atoms with Crippen molar-refractivity contribution in [3.8, 4) is 0 Å². The molecular weight excluding hydrogens is 528 g/mol. The predicted octanol–water partition coefficient (Wildman–Crippen LogP) is 4.27. The number of fused-ring (bicyclic) bond motifs is 4. The fourth-order valence-electron chi connectivity index (χ4n) is 6.33. The molecule has 1 amide bonds. The summed E-state index contributed by atoms with van der Waals surface area (Å²) in [6.45, 7) is 4.91. The minimum Gasteiger partial charge on any atom is -0.386 e. The summed E-state index contributed by atoms with van der Waals surface area (Å²) in [4.78, 5) is 36.8. The van der Waals surface area contributed by atoms with Crippen molar-refractivity contribution in [3.63, 3.8) is 0 Å². The number of benzene rings is 1. The molecule has 3 aliphatic rings. The fourth-order valence-corrected chi connectivity index (χ4v) is 7.49. The third kappa shape index (κ3) is 4.46. The second-order valence-corrected chi connectivity index (χ2v) is 12.9. The number of hydrogen-bond donors (Lipinski definition) is 2. The van der Waals surface area contributed by atoms with Gasteiger partial charge in [-0.05, 0) is 64.2 Å². The topological polar surface area (TPSA) is 122 Å². The fraction of sp³-hybridized carbons (Fsp3) is 0.483. The molecule has 1 saturated carbocycles. The van der Waals surface area contributed by atoms with Gasteiger partial charge in [0, 0.05) is 35.8 Å². The summed E-state index contributed by atoms with van der Waals surface area (Å²) in [5.41, 5.74) is 1.57. The van der Waals surface area contributed by atoms with Crippen LogP contribution in [0.1, 0.15) is 72.8 Å². The van der Waals surface area contributed by atoms with Crippen LogP contribution in [0.25, 0.3) is 15.9 Å². The van der Waals surface area contributed by atoms with E-state index < -0.39 is 5.60 Å². The summed E-state index contributed by atoms with van der Waals surface area (Å²) in [5.74, 6) is 0.955. The maximum Gasteiger partial charge on any atom is 0.261 e. The molecule has 2 saturated heterocycles. The van der Waals surface area contributed by atoms with Crippen molar-refractivity contribution in [2.45, 2.75) is 69.6 Å². The summed E-state index contributed by atoms with van der Waals surface area (Å²) in [6, 6.07) is 6.02. The van der Waals surface area contributed by atoms with E-state index in [0.29, 0.717) is 41.0 Å². The van der Waals surface area contributed by atoms with Gasteiger partial charge in [-0.15, -0.1) is 11.3 Å². The largest absolute Gasteiger partial charge is 0.386 e. The molecule has 0 radical (unpaired) electrons. The molecule has 0 unspecified atom stereocenters. The van der Waals surface area contributed by atoms with Gasteiger partial charge in [0.25, 0.3) is 5.91 Å². The molecule has 40 heavy (non-hydrogen) atoms. The van der Waals surface area contributed by atoms with Crippen LogP contribution in [0.5, 0.6) is 0 Å². The van der Waals surface area contributed by atoms with Gasteiger partial charge in [0.1, 0.15) is 17.7 Å². The van der Waals surface area contributed by atoms with E-state index in [4.69, 9.17) is 14.7 Å². The SMILES string of the molecule is CC(C)(O)c1cc2nc([C@H]3CC[C@H](C=O)CC3)sc2cc1NC(=O)c1cnn2ccc(N3C[C@H]4C[C@@H]3CO4)nc12. The average molecular weight is 561 g/mol. The zero-order chi connectivity index (χ0) is 27.6. The molecule has 2 bridgehead atoms. The molecule has 10 nitrogen and oxygen atoms in total. The highest BCUT2D eigenvalue weighted by molar-refractivity contribution is 7.18. The smallest absolute Gasteiger partial charge is 0.261 e. The number of carbonyl (C=O) groups is 2. The lowest BCUT2D eigenvalue weighted by Crippen LogP contribution is -2.37. The van der Waals surface area contributed by atoms with E-state index in [1.165, 1.54) is 6.20 Å². The van der Waals surface area contributed by atoms with Crippen LogP contribution in [0, 0.1) is 5.92 Å². The molecule has 2 aliphatic heterocycles. The van der Waals surface area contributed by atoms with Crippen molar-refractivity contribution in [1.82, 2.24) is 19.6 Å². The first-order valence-electron chi connectivity index (χ1n) is 13.9. The summed E-state index contributed by atoms with van der Waals surface area (Å²) in [5, 5.41) is 19.5. The maximum absolute atomic E-state index is 13.6. The van der Waals surface area contributed by atoms with Gasteiger partial charge in [0.05, 0.1) is 45.8 Å². The number of rotatable bonds is 6. The summed E-state index contributed by atoms with van der Waals surface area (Å²) in [6.07, 6.45) is 9.35. The van der Waals surface area contributed by atoms with Crippen molar-refractivity contribution in [2.24, 2.45) is 5.92 Å². The minimum absolute atomic E-state index is 0.152. The number of carbonyl (C=O) groups excluding carboxylic acids is 2. The molecule has 3 fully saturated rings. The lowest BCUT2D eigenvalue weighted by molar-refractivity contribution is -0.111. The molecule has 1 aliphatic carbocycles. The summed E-state index contributed by atoms with van der Waals surface area (Å²) >= 11 is 1.62. The number of ether oxygens (including phenoxy) is 1. The Morgan fingerprint density at radius 2 is 2.05 bits per heavy atom. The molecule has 11 heteroatoms. The molecule has 7 rings (SSSR count). The molecule has 2 N–H and O–H groups in total. The van der Waals surface area contributed by atoms with Crippen LogP contribution in [0.4, 0.5) is 11.5 Å². The van der Waals surface area contributed by atoms with E-state index in [1.807, 2.05) is 24.4 Å². The molecule has 3 aromatic heterocycles. The van der Waals surface area contributed by atoms with Crippen molar-refractivity contribution in [1.29, 1.82) is 0 Å². The molecule has 4 aromatic rings. The molecule has 1 aromatic carbocycles. The second kappa shape index (κ2) is 9.60. The van der Waals surface area contributed by atoms with Crippen molar-refractivity contribution < 1.29 is 19.4 Å². The molecular formula is C29H32N6O4S. The van der Waals surface area contributed by atoms with Gasteiger partial charge in [-0.3, -0.25) is 4.79 Å². The minimum atomic E-state index is -1.20. The van der Waals surface area contributed by atoms with E-state index in [-0.39, 0.29) is 17.9 Å². The number of thiazole rings is 1. The number of nitrogens with one attached hydrogen (secondary N) is 1. The normalized spacial score (nSPS) is 24.7. The first-order chi connectivity index (χ1) is 19.3.